The van der Waals surface area contributed by atoms with E-state index in [0.717, 1.165) is 5.56 Å². The van der Waals surface area contributed by atoms with Crippen LogP contribution in [0.1, 0.15) is 25.3 Å². The van der Waals surface area contributed by atoms with Crippen LogP contribution in [0.3, 0.4) is 0 Å². The second-order valence-electron chi connectivity index (χ2n) is 4.00. The SMILES string of the molecule is C=CCOc1ccc(S(N)(=O)=O)cc1C(C)C. The number of nitrogens with two attached hydrogens (primary N) is 1. The molecule has 0 aliphatic carbocycles. The highest BCUT2D eigenvalue weighted by atomic mass is 32.2. The zero-order valence-corrected chi connectivity index (χ0v) is 10.8. The fourth-order valence-electron chi connectivity index (χ4n) is 1.43. The molecule has 17 heavy (non-hydrogen) atoms. The number of ether oxygens (including phenoxy) is 1. The zero-order valence-electron chi connectivity index (χ0n) is 10.0. The standard InChI is InChI=1S/C12H17NO3S/c1-4-7-16-12-6-5-10(17(13,14)15)8-11(12)9(2)3/h4-6,8-9H,1,7H2,2-3H3,(H2,13,14,15). The Morgan fingerprint density at radius 2 is 2.12 bits per heavy atom. The molecule has 0 atom stereocenters. The Balaban J connectivity index is 3.22. The lowest BCUT2D eigenvalue weighted by atomic mass is 10.0. The average molecular weight is 255 g/mol. The number of rotatable bonds is 5. The minimum atomic E-state index is -3.67. The van der Waals surface area contributed by atoms with Crippen molar-refractivity contribution in [1.29, 1.82) is 0 Å². The number of sulfonamides is 1. The Morgan fingerprint density at radius 1 is 1.47 bits per heavy atom. The van der Waals surface area contributed by atoms with Crippen molar-refractivity contribution in [2.75, 3.05) is 6.61 Å². The van der Waals surface area contributed by atoms with Crippen LogP contribution in [0, 0.1) is 0 Å². The van der Waals surface area contributed by atoms with Crippen molar-refractivity contribution in [3.63, 3.8) is 0 Å². The molecular formula is C12H17NO3S. The molecule has 0 aromatic heterocycles. The van der Waals surface area contributed by atoms with Crippen LogP contribution >= 0.6 is 0 Å². The van der Waals surface area contributed by atoms with Crippen LogP contribution < -0.4 is 9.88 Å². The molecule has 0 aliphatic rings. The van der Waals surface area contributed by atoms with E-state index in [1.807, 2.05) is 13.8 Å². The summed E-state index contributed by atoms with van der Waals surface area (Å²) in [4.78, 5) is 0.104. The van der Waals surface area contributed by atoms with Gasteiger partial charge in [-0.05, 0) is 29.7 Å². The van der Waals surface area contributed by atoms with Crippen LogP contribution in [0.2, 0.25) is 0 Å². The lowest BCUT2D eigenvalue weighted by Gasteiger charge is -2.14. The van der Waals surface area contributed by atoms with Gasteiger partial charge in [-0.2, -0.15) is 0 Å². The van der Waals surface area contributed by atoms with E-state index in [1.165, 1.54) is 6.07 Å². The minimum absolute atomic E-state index is 0.104. The van der Waals surface area contributed by atoms with E-state index in [9.17, 15) is 8.42 Å². The van der Waals surface area contributed by atoms with Crippen molar-refractivity contribution >= 4 is 10.0 Å². The Hall–Kier alpha value is -1.33. The molecule has 1 aromatic carbocycles. The molecule has 0 unspecified atom stereocenters. The van der Waals surface area contributed by atoms with E-state index in [-0.39, 0.29) is 10.8 Å². The van der Waals surface area contributed by atoms with Gasteiger partial charge in [-0.15, -0.1) is 0 Å². The number of benzene rings is 1. The molecule has 0 saturated carbocycles. The maximum absolute atomic E-state index is 11.3. The van der Waals surface area contributed by atoms with Crippen molar-refractivity contribution in [3.8, 4) is 5.75 Å². The van der Waals surface area contributed by atoms with Crippen LogP contribution in [0.15, 0.2) is 35.7 Å². The van der Waals surface area contributed by atoms with Crippen LogP contribution in [-0.2, 0) is 10.0 Å². The van der Waals surface area contributed by atoms with E-state index in [4.69, 9.17) is 9.88 Å². The lowest BCUT2D eigenvalue weighted by molar-refractivity contribution is 0.357. The Bertz CT molecular complexity index is 506. The molecule has 0 bridgehead atoms. The average Bonchev–Trinajstić information content (AvgIpc) is 2.24. The number of hydrogen-bond donors (Lipinski definition) is 1. The third kappa shape index (κ3) is 3.57. The third-order valence-corrected chi connectivity index (χ3v) is 3.20. The van der Waals surface area contributed by atoms with E-state index >= 15 is 0 Å². The monoisotopic (exact) mass is 255 g/mol. The predicted molar refractivity (Wildman–Crippen MR) is 67.6 cm³/mol. The first-order valence-corrected chi connectivity index (χ1v) is 6.81. The van der Waals surface area contributed by atoms with Crippen molar-refractivity contribution in [2.24, 2.45) is 5.14 Å². The summed E-state index contributed by atoms with van der Waals surface area (Å²) in [6.45, 7) is 7.87. The summed E-state index contributed by atoms with van der Waals surface area (Å²) in [5.74, 6) is 0.809. The summed E-state index contributed by atoms with van der Waals surface area (Å²) in [6, 6.07) is 4.62. The van der Waals surface area contributed by atoms with Gasteiger partial charge in [0.05, 0.1) is 4.90 Å². The Kier molecular flexibility index (Phi) is 4.31. The van der Waals surface area contributed by atoms with Crippen LogP contribution in [-0.4, -0.2) is 15.0 Å². The molecule has 1 rings (SSSR count). The molecule has 5 heteroatoms. The highest BCUT2D eigenvalue weighted by molar-refractivity contribution is 7.89. The van der Waals surface area contributed by atoms with E-state index in [0.29, 0.717) is 12.4 Å². The van der Waals surface area contributed by atoms with Gasteiger partial charge < -0.3 is 4.74 Å². The maximum Gasteiger partial charge on any atom is 0.238 e. The van der Waals surface area contributed by atoms with Crippen LogP contribution in [0.5, 0.6) is 5.75 Å². The normalized spacial score (nSPS) is 11.5. The first kappa shape index (κ1) is 13.7. The summed E-state index contributed by atoms with van der Waals surface area (Å²) >= 11 is 0. The summed E-state index contributed by atoms with van der Waals surface area (Å²) in [5.41, 5.74) is 0.818. The van der Waals surface area contributed by atoms with Gasteiger partial charge in [0.15, 0.2) is 0 Å². The second-order valence-corrected chi connectivity index (χ2v) is 5.56. The molecule has 0 saturated heterocycles. The molecule has 94 valence electrons. The summed E-state index contributed by atoms with van der Waals surface area (Å²) < 4.78 is 28.0. The summed E-state index contributed by atoms with van der Waals surface area (Å²) in [7, 11) is -3.67. The highest BCUT2D eigenvalue weighted by Gasteiger charge is 2.14. The van der Waals surface area contributed by atoms with Crippen molar-refractivity contribution in [2.45, 2.75) is 24.7 Å². The molecule has 0 aliphatic heterocycles. The third-order valence-electron chi connectivity index (χ3n) is 2.29. The maximum atomic E-state index is 11.3. The largest absolute Gasteiger partial charge is 0.489 e. The first-order chi connectivity index (χ1) is 7.86. The predicted octanol–water partition coefficient (Wildman–Crippen LogP) is 2.02. The van der Waals surface area contributed by atoms with Gasteiger partial charge in [-0.1, -0.05) is 26.5 Å². The van der Waals surface area contributed by atoms with Crippen molar-refractivity contribution in [3.05, 3.63) is 36.4 Å². The van der Waals surface area contributed by atoms with Gasteiger partial charge in [0.25, 0.3) is 0 Å². The van der Waals surface area contributed by atoms with Gasteiger partial charge in [0.2, 0.25) is 10.0 Å². The topological polar surface area (TPSA) is 69.4 Å². The molecule has 2 N–H and O–H groups in total. The van der Waals surface area contributed by atoms with Gasteiger partial charge in [0.1, 0.15) is 12.4 Å². The Labute approximate surface area is 102 Å². The lowest BCUT2D eigenvalue weighted by Crippen LogP contribution is -2.13. The number of hydrogen-bond acceptors (Lipinski definition) is 3. The molecule has 0 fully saturated rings. The van der Waals surface area contributed by atoms with Crippen LogP contribution in [0.4, 0.5) is 0 Å². The number of primary sulfonamides is 1. The fraction of sp³-hybridized carbons (Fsp3) is 0.333. The molecular weight excluding hydrogens is 238 g/mol. The fourth-order valence-corrected chi connectivity index (χ4v) is 1.98. The molecule has 0 spiro atoms. The van der Waals surface area contributed by atoms with Gasteiger partial charge in [0, 0.05) is 0 Å². The highest BCUT2D eigenvalue weighted by Crippen LogP contribution is 2.28. The van der Waals surface area contributed by atoms with E-state index in [1.54, 1.807) is 18.2 Å². The molecule has 4 nitrogen and oxygen atoms in total. The van der Waals surface area contributed by atoms with E-state index in [2.05, 4.69) is 6.58 Å². The van der Waals surface area contributed by atoms with E-state index < -0.39 is 10.0 Å². The summed E-state index contributed by atoms with van der Waals surface area (Å²) in [6.07, 6.45) is 1.64. The Morgan fingerprint density at radius 3 is 2.59 bits per heavy atom. The molecule has 1 aromatic rings. The molecule has 0 radical (unpaired) electrons. The second kappa shape index (κ2) is 5.33. The minimum Gasteiger partial charge on any atom is -0.489 e. The van der Waals surface area contributed by atoms with Crippen molar-refractivity contribution in [1.82, 2.24) is 0 Å². The van der Waals surface area contributed by atoms with Crippen LogP contribution in [0.25, 0.3) is 0 Å². The zero-order chi connectivity index (χ0) is 13.1. The molecule has 0 heterocycles. The van der Waals surface area contributed by atoms with Gasteiger partial charge in [-0.25, -0.2) is 13.6 Å². The quantitative estimate of drug-likeness (QED) is 0.818. The van der Waals surface area contributed by atoms with Crippen molar-refractivity contribution < 1.29 is 13.2 Å². The molecule has 0 amide bonds. The van der Waals surface area contributed by atoms with Gasteiger partial charge in [-0.3, -0.25) is 0 Å². The first-order valence-electron chi connectivity index (χ1n) is 5.26. The smallest absolute Gasteiger partial charge is 0.238 e. The summed E-state index contributed by atoms with van der Waals surface area (Å²) in [5, 5.41) is 5.09. The van der Waals surface area contributed by atoms with Gasteiger partial charge >= 0.3 is 0 Å².